The van der Waals surface area contributed by atoms with Gasteiger partial charge in [-0.15, -0.1) is 0 Å². The van der Waals surface area contributed by atoms with Crippen LogP contribution in [0.25, 0.3) is 0 Å². The van der Waals surface area contributed by atoms with E-state index in [1.807, 2.05) is 13.8 Å². The van der Waals surface area contributed by atoms with Crippen molar-refractivity contribution in [3.63, 3.8) is 0 Å². The summed E-state index contributed by atoms with van der Waals surface area (Å²) in [4.78, 5) is 11.8. The summed E-state index contributed by atoms with van der Waals surface area (Å²) in [6.45, 7) is 5.33. The third-order valence-corrected chi connectivity index (χ3v) is 2.63. The van der Waals surface area contributed by atoms with Gasteiger partial charge in [0.15, 0.2) is 5.78 Å². The number of ketones is 1. The summed E-state index contributed by atoms with van der Waals surface area (Å²) in [6.07, 6.45) is 0.242. The normalized spacial score (nSPS) is 11.6. The predicted molar refractivity (Wildman–Crippen MR) is 61.2 cm³/mol. The molecule has 0 atom stereocenters. The average molecular weight is 224 g/mol. The zero-order valence-corrected chi connectivity index (χ0v) is 10.1. The van der Waals surface area contributed by atoms with E-state index in [2.05, 4.69) is 0 Å². The molecule has 0 aromatic heterocycles. The molecule has 1 aromatic carbocycles. The summed E-state index contributed by atoms with van der Waals surface area (Å²) in [5.41, 5.74) is 0.425. The Morgan fingerprint density at radius 2 is 2.06 bits per heavy atom. The highest BCUT2D eigenvalue weighted by Gasteiger charge is 2.22. The molecule has 0 unspecified atom stereocenters. The topological polar surface area (TPSA) is 26.3 Å². The highest BCUT2D eigenvalue weighted by atomic mass is 19.1. The first-order valence-corrected chi connectivity index (χ1v) is 5.20. The maximum Gasteiger partial charge on any atom is 0.165 e. The third kappa shape index (κ3) is 3.14. The molecule has 0 bridgehead atoms. The Hall–Kier alpha value is -1.22. The second-order valence-electron chi connectivity index (χ2n) is 4.53. The molecule has 88 valence electrons. The maximum atomic E-state index is 13.3. The molecule has 0 aliphatic heterocycles. The van der Waals surface area contributed by atoms with Crippen molar-refractivity contribution in [2.75, 3.05) is 7.11 Å². The van der Waals surface area contributed by atoms with Gasteiger partial charge in [0.2, 0.25) is 0 Å². The van der Waals surface area contributed by atoms with Gasteiger partial charge in [0.05, 0.1) is 5.60 Å². The highest BCUT2D eigenvalue weighted by molar-refractivity contribution is 5.96. The van der Waals surface area contributed by atoms with Crippen molar-refractivity contribution in [3.05, 3.63) is 35.1 Å². The summed E-state index contributed by atoms with van der Waals surface area (Å²) in [5, 5.41) is 0. The minimum absolute atomic E-state index is 0.106. The molecule has 0 heterocycles. The van der Waals surface area contributed by atoms with Crippen LogP contribution in [-0.2, 0) is 4.74 Å². The third-order valence-electron chi connectivity index (χ3n) is 2.63. The van der Waals surface area contributed by atoms with Crippen molar-refractivity contribution in [1.82, 2.24) is 0 Å². The number of hydrogen-bond acceptors (Lipinski definition) is 2. The molecule has 0 aliphatic carbocycles. The van der Waals surface area contributed by atoms with Crippen molar-refractivity contribution < 1.29 is 13.9 Å². The van der Waals surface area contributed by atoms with Crippen LogP contribution in [0.2, 0.25) is 0 Å². The van der Waals surface area contributed by atoms with Crippen LogP contribution in [0.15, 0.2) is 18.2 Å². The highest BCUT2D eigenvalue weighted by Crippen LogP contribution is 2.18. The number of ether oxygens (including phenoxy) is 1. The number of carbonyl (C=O) groups is 1. The van der Waals surface area contributed by atoms with Crippen molar-refractivity contribution >= 4 is 5.78 Å². The Labute approximate surface area is 95.4 Å². The lowest BCUT2D eigenvalue weighted by Crippen LogP contribution is -2.26. The van der Waals surface area contributed by atoms with Gasteiger partial charge >= 0.3 is 0 Å². The lowest BCUT2D eigenvalue weighted by atomic mass is 9.96. The number of carbonyl (C=O) groups excluding carboxylic acids is 1. The number of rotatable bonds is 4. The zero-order chi connectivity index (χ0) is 12.3. The largest absolute Gasteiger partial charge is 0.378 e. The number of Topliss-reactive ketones (excluding diaryl/α,β-unsaturated/α-hetero) is 1. The molecule has 0 saturated heterocycles. The summed E-state index contributed by atoms with van der Waals surface area (Å²) in [7, 11) is 1.56. The quantitative estimate of drug-likeness (QED) is 0.734. The molecule has 16 heavy (non-hydrogen) atoms. The summed E-state index contributed by atoms with van der Waals surface area (Å²) in [5.74, 6) is -0.452. The predicted octanol–water partition coefficient (Wildman–Crippen LogP) is 3.13. The molecular weight excluding hydrogens is 207 g/mol. The van der Waals surface area contributed by atoms with E-state index < -0.39 is 5.60 Å². The molecule has 2 nitrogen and oxygen atoms in total. The number of benzene rings is 1. The number of halogens is 1. The lowest BCUT2D eigenvalue weighted by molar-refractivity contribution is 0.0172. The minimum Gasteiger partial charge on any atom is -0.378 e. The monoisotopic (exact) mass is 224 g/mol. The second-order valence-corrected chi connectivity index (χ2v) is 4.53. The zero-order valence-electron chi connectivity index (χ0n) is 10.1. The van der Waals surface area contributed by atoms with Crippen molar-refractivity contribution in [3.8, 4) is 0 Å². The van der Waals surface area contributed by atoms with Crippen LogP contribution in [0.3, 0.4) is 0 Å². The van der Waals surface area contributed by atoms with E-state index in [0.717, 1.165) is 0 Å². The fourth-order valence-corrected chi connectivity index (χ4v) is 1.33. The smallest absolute Gasteiger partial charge is 0.165 e. The fourth-order valence-electron chi connectivity index (χ4n) is 1.33. The van der Waals surface area contributed by atoms with Crippen LogP contribution in [0.5, 0.6) is 0 Å². The van der Waals surface area contributed by atoms with Crippen molar-refractivity contribution in [2.45, 2.75) is 32.8 Å². The first kappa shape index (κ1) is 12.8. The maximum absolute atomic E-state index is 13.3. The van der Waals surface area contributed by atoms with E-state index in [1.54, 1.807) is 26.2 Å². The number of hydrogen-bond donors (Lipinski definition) is 0. The fraction of sp³-hybridized carbons (Fsp3) is 0.462. The Morgan fingerprint density at radius 1 is 1.44 bits per heavy atom. The molecule has 0 aliphatic rings. The molecule has 0 fully saturated rings. The van der Waals surface area contributed by atoms with E-state index in [-0.39, 0.29) is 18.0 Å². The SMILES string of the molecule is COC(C)(C)CC(=O)c1ccc(C)c(F)c1. The van der Waals surface area contributed by atoms with Crippen LogP contribution < -0.4 is 0 Å². The molecule has 3 heteroatoms. The van der Waals surface area contributed by atoms with Gasteiger partial charge < -0.3 is 4.74 Å². The van der Waals surface area contributed by atoms with Crippen molar-refractivity contribution in [2.24, 2.45) is 0 Å². The van der Waals surface area contributed by atoms with Gasteiger partial charge in [0.1, 0.15) is 5.82 Å². The van der Waals surface area contributed by atoms with Gasteiger partial charge in [0, 0.05) is 19.1 Å². The lowest BCUT2D eigenvalue weighted by Gasteiger charge is -2.21. The van der Waals surface area contributed by atoms with Crippen LogP contribution in [0, 0.1) is 12.7 Å². The van der Waals surface area contributed by atoms with Gasteiger partial charge in [-0.1, -0.05) is 12.1 Å². The van der Waals surface area contributed by atoms with E-state index in [9.17, 15) is 9.18 Å². The standard InChI is InChI=1S/C13H17FO2/c1-9-5-6-10(7-11(9)14)12(15)8-13(2,3)16-4/h5-7H,8H2,1-4H3. The van der Waals surface area contributed by atoms with Gasteiger partial charge in [-0.2, -0.15) is 0 Å². The Morgan fingerprint density at radius 3 is 2.56 bits per heavy atom. The number of methoxy groups -OCH3 is 1. The summed E-state index contributed by atoms with van der Waals surface area (Å²) in [6, 6.07) is 4.54. The Bertz CT molecular complexity index is 397. The van der Waals surface area contributed by atoms with Crippen LogP contribution in [0.1, 0.15) is 36.2 Å². The van der Waals surface area contributed by atoms with Gasteiger partial charge in [-0.05, 0) is 32.4 Å². The first-order chi connectivity index (χ1) is 7.35. The summed E-state index contributed by atoms with van der Waals surface area (Å²) < 4.78 is 18.4. The molecule has 0 spiro atoms. The van der Waals surface area contributed by atoms with Crippen LogP contribution in [0.4, 0.5) is 4.39 Å². The van der Waals surface area contributed by atoms with E-state index >= 15 is 0 Å². The second kappa shape index (κ2) is 4.74. The Balaban J connectivity index is 2.85. The van der Waals surface area contributed by atoms with E-state index in [1.165, 1.54) is 6.07 Å². The van der Waals surface area contributed by atoms with Crippen molar-refractivity contribution in [1.29, 1.82) is 0 Å². The summed E-state index contributed by atoms with van der Waals surface area (Å²) >= 11 is 0. The van der Waals surface area contributed by atoms with Gasteiger partial charge in [-0.3, -0.25) is 4.79 Å². The molecule has 0 radical (unpaired) electrons. The minimum atomic E-state index is -0.515. The van der Waals surface area contributed by atoms with Crippen LogP contribution in [-0.4, -0.2) is 18.5 Å². The molecule has 0 saturated carbocycles. The molecular formula is C13H17FO2. The number of aryl methyl sites for hydroxylation is 1. The van der Waals surface area contributed by atoms with Gasteiger partial charge in [0.25, 0.3) is 0 Å². The Kier molecular flexibility index (Phi) is 3.81. The van der Waals surface area contributed by atoms with E-state index in [4.69, 9.17) is 4.74 Å². The first-order valence-electron chi connectivity index (χ1n) is 5.20. The van der Waals surface area contributed by atoms with Gasteiger partial charge in [-0.25, -0.2) is 4.39 Å². The van der Waals surface area contributed by atoms with E-state index in [0.29, 0.717) is 11.1 Å². The molecule has 1 aromatic rings. The molecule has 0 amide bonds. The molecule has 1 rings (SSSR count). The molecule has 0 N–H and O–H groups in total. The average Bonchev–Trinajstić information content (AvgIpc) is 2.21. The van der Waals surface area contributed by atoms with Crippen LogP contribution >= 0.6 is 0 Å².